The molecular formula is C26H22N4S2. The first-order valence-corrected chi connectivity index (χ1v) is 12.3. The number of benzene rings is 2. The summed E-state index contributed by atoms with van der Waals surface area (Å²) >= 11 is 0. The molecule has 32 heavy (non-hydrogen) atoms. The normalized spacial score (nSPS) is 10.7. The fraction of sp³-hybridized carbons (Fsp3) is 0.154. The molecule has 0 bridgehead atoms. The van der Waals surface area contributed by atoms with Crippen molar-refractivity contribution in [1.82, 2.24) is 9.13 Å². The fourth-order valence-corrected chi connectivity index (χ4v) is 6.60. The standard InChI is InChI=1S/C26H22N4S2/c1-17-19(3)29(21-11-7-5-8-12-21)25(23(17)15-27)31-32-26-24(16-28)18(2)20(4)30(26)22-13-9-6-10-14-22/h5-14H,1-4H3. The average Bonchev–Trinajstić information content (AvgIpc) is 3.21. The van der Waals surface area contributed by atoms with Gasteiger partial charge in [-0.2, -0.15) is 10.5 Å². The van der Waals surface area contributed by atoms with Crippen molar-refractivity contribution in [1.29, 1.82) is 10.5 Å². The molecule has 0 unspecified atom stereocenters. The zero-order chi connectivity index (χ0) is 22.8. The first kappa shape index (κ1) is 21.9. The van der Waals surface area contributed by atoms with Gasteiger partial charge in [-0.15, -0.1) is 0 Å². The second-order valence-corrected chi connectivity index (χ2v) is 9.62. The van der Waals surface area contributed by atoms with Gasteiger partial charge in [0.1, 0.15) is 22.2 Å². The minimum atomic E-state index is 0.675. The molecule has 2 heterocycles. The Bertz CT molecular complexity index is 1260. The number of hydrogen-bond acceptors (Lipinski definition) is 4. The Morgan fingerprint density at radius 3 is 1.25 bits per heavy atom. The van der Waals surface area contributed by atoms with E-state index in [-0.39, 0.29) is 0 Å². The molecule has 2 aromatic carbocycles. The number of rotatable bonds is 5. The summed E-state index contributed by atoms with van der Waals surface area (Å²) in [7, 11) is 3.05. The molecule has 158 valence electrons. The Hall–Kier alpha value is -3.32. The Kier molecular flexibility index (Phi) is 6.19. The summed E-state index contributed by atoms with van der Waals surface area (Å²) in [4.78, 5) is 0. The van der Waals surface area contributed by atoms with E-state index in [4.69, 9.17) is 0 Å². The summed E-state index contributed by atoms with van der Waals surface area (Å²) in [5, 5.41) is 21.6. The highest BCUT2D eigenvalue weighted by atomic mass is 33.1. The van der Waals surface area contributed by atoms with E-state index < -0.39 is 0 Å². The highest BCUT2D eigenvalue weighted by Crippen LogP contribution is 2.46. The molecule has 0 aliphatic heterocycles. The molecule has 0 N–H and O–H groups in total. The molecule has 6 heteroatoms. The third kappa shape index (κ3) is 3.62. The lowest BCUT2D eigenvalue weighted by Gasteiger charge is -2.13. The van der Waals surface area contributed by atoms with Crippen LogP contribution in [0.15, 0.2) is 70.7 Å². The molecule has 2 aromatic heterocycles. The highest BCUT2D eigenvalue weighted by molar-refractivity contribution is 8.76. The van der Waals surface area contributed by atoms with E-state index in [1.807, 2.05) is 88.4 Å². The number of nitriles is 2. The molecule has 0 saturated carbocycles. The zero-order valence-electron chi connectivity index (χ0n) is 18.4. The predicted octanol–water partition coefficient (Wildman–Crippen LogP) is 7.04. The van der Waals surface area contributed by atoms with Crippen molar-refractivity contribution in [2.75, 3.05) is 0 Å². The van der Waals surface area contributed by atoms with Gasteiger partial charge in [0.2, 0.25) is 0 Å². The molecule has 0 aliphatic rings. The van der Waals surface area contributed by atoms with Gasteiger partial charge in [0, 0.05) is 22.8 Å². The summed E-state index contributed by atoms with van der Waals surface area (Å²) in [6.45, 7) is 8.06. The molecule has 0 spiro atoms. The minimum absolute atomic E-state index is 0.675. The van der Waals surface area contributed by atoms with Gasteiger partial charge in [-0.05, 0) is 84.7 Å². The smallest absolute Gasteiger partial charge is 0.109 e. The van der Waals surface area contributed by atoms with Crippen molar-refractivity contribution >= 4 is 21.6 Å². The molecule has 4 nitrogen and oxygen atoms in total. The van der Waals surface area contributed by atoms with Crippen molar-refractivity contribution in [3.63, 3.8) is 0 Å². The van der Waals surface area contributed by atoms with Gasteiger partial charge in [-0.1, -0.05) is 36.4 Å². The van der Waals surface area contributed by atoms with Crippen LogP contribution in [-0.4, -0.2) is 9.13 Å². The first-order chi connectivity index (χ1) is 15.5. The van der Waals surface area contributed by atoms with Crippen molar-refractivity contribution in [3.05, 3.63) is 94.3 Å². The average molecular weight is 455 g/mol. The van der Waals surface area contributed by atoms with Crippen molar-refractivity contribution < 1.29 is 0 Å². The zero-order valence-corrected chi connectivity index (χ0v) is 20.0. The van der Waals surface area contributed by atoms with Crippen LogP contribution in [0.1, 0.15) is 33.6 Å². The van der Waals surface area contributed by atoms with Gasteiger partial charge in [-0.25, -0.2) is 0 Å². The summed E-state index contributed by atoms with van der Waals surface area (Å²) in [6, 6.07) is 24.9. The molecule has 0 aliphatic carbocycles. The molecule has 0 atom stereocenters. The maximum absolute atomic E-state index is 9.92. The van der Waals surface area contributed by atoms with Gasteiger partial charge in [0.25, 0.3) is 0 Å². The van der Waals surface area contributed by atoms with Gasteiger partial charge in [-0.3, -0.25) is 0 Å². The number of hydrogen-bond donors (Lipinski definition) is 0. The minimum Gasteiger partial charge on any atom is -0.307 e. The monoisotopic (exact) mass is 454 g/mol. The van der Waals surface area contributed by atoms with Crippen molar-refractivity contribution in [2.45, 2.75) is 37.7 Å². The lowest BCUT2D eigenvalue weighted by atomic mass is 10.2. The molecular weight excluding hydrogens is 432 g/mol. The molecule has 0 amide bonds. The summed E-state index contributed by atoms with van der Waals surface area (Å²) < 4.78 is 4.26. The fourth-order valence-electron chi connectivity index (χ4n) is 3.82. The largest absolute Gasteiger partial charge is 0.307 e. The van der Waals surface area contributed by atoms with Crippen LogP contribution >= 0.6 is 21.6 Å². The van der Waals surface area contributed by atoms with Crippen LogP contribution in [0, 0.1) is 50.4 Å². The van der Waals surface area contributed by atoms with Crippen molar-refractivity contribution in [2.24, 2.45) is 0 Å². The van der Waals surface area contributed by atoms with Crippen LogP contribution in [0.2, 0.25) is 0 Å². The van der Waals surface area contributed by atoms with E-state index in [1.165, 1.54) is 21.6 Å². The summed E-state index contributed by atoms with van der Waals surface area (Å²) in [6.07, 6.45) is 0. The molecule has 4 rings (SSSR count). The summed E-state index contributed by atoms with van der Waals surface area (Å²) in [5.74, 6) is 0. The van der Waals surface area contributed by atoms with Crippen molar-refractivity contribution in [3.8, 4) is 23.5 Å². The molecule has 4 aromatic rings. The number of para-hydroxylation sites is 2. The van der Waals surface area contributed by atoms with Gasteiger partial charge in [0.15, 0.2) is 0 Å². The van der Waals surface area contributed by atoms with Crippen LogP contribution < -0.4 is 0 Å². The highest BCUT2D eigenvalue weighted by Gasteiger charge is 2.24. The Morgan fingerprint density at radius 2 is 0.938 bits per heavy atom. The Balaban J connectivity index is 1.84. The summed E-state index contributed by atoms with van der Waals surface area (Å²) in [5.41, 5.74) is 7.43. The third-order valence-electron chi connectivity index (χ3n) is 5.79. The van der Waals surface area contributed by atoms with Crippen LogP contribution in [0.4, 0.5) is 0 Å². The predicted molar refractivity (Wildman–Crippen MR) is 132 cm³/mol. The first-order valence-electron chi connectivity index (χ1n) is 10.2. The van der Waals surface area contributed by atoms with Crippen LogP contribution in [0.5, 0.6) is 0 Å². The topological polar surface area (TPSA) is 57.4 Å². The lowest BCUT2D eigenvalue weighted by molar-refractivity contribution is 0.906. The number of nitrogens with zero attached hydrogens (tertiary/aromatic N) is 4. The SMILES string of the molecule is Cc1c(C#N)c(SSc2c(C#N)c(C)c(C)n2-c2ccccc2)n(-c2ccccc2)c1C. The maximum atomic E-state index is 9.92. The van der Waals surface area contributed by atoms with Gasteiger partial charge in [0.05, 0.1) is 11.1 Å². The van der Waals surface area contributed by atoms with E-state index in [1.54, 1.807) is 0 Å². The van der Waals surface area contributed by atoms with E-state index >= 15 is 0 Å². The second-order valence-electron chi connectivity index (χ2n) is 7.51. The maximum Gasteiger partial charge on any atom is 0.109 e. The molecule has 0 radical (unpaired) electrons. The third-order valence-corrected chi connectivity index (χ3v) is 8.16. The van der Waals surface area contributed by atoms with E-state index in [9.17, 15) is 10.5 Å². The van der Waals surface area contributed by atoms with Crippen LogP contribution in [0.3, 0.4) is 0 Å². The lowest BCUT2D eigenvalue weighted by Crippen LogP contribution is -1.99. The van der Waals surface area contributed by atoms with E-state index in [2.05, 4.69) is 21.3 Å². The second kappa shape index (κ2) is 9.04. The van der Waals surface area contributed by atoms with Crippen LogP contribution in [-0.2, 0) is 0 Å². The number of aromatic nitrogens is 2. The Labute approximate surface area is 196 Å². The van der Waals surface area contributed by atoms with E-state index in [0.29, 0.717) is 11.1 Å². The van der Waals surface area contributed by atoms with Gasteiger partial charge >= 0.3 is 0 Å². The Morgan fingerprint density at radius 1 is 0.594 bits per heavy atom. The van der Waals surface area contributed by atoms with E-state index in [0.717, 1.165) is 43.9 Å². The molecule has 0 fully saturated rings. The molecule has 0 saturated heterocycles. The van der Waals surface area contributed by atoms with Gasteiger partial charge < -0.3 is 9.13 Å². The quantitative estimate of drug-likeness (QED) is 0.303. The van der Waals surface area contributed by atoms with Crippen LogP contribution in [0.25, 0.3) is 11.4 Å².